The fourth-order valence-electron chi connectivity index (χ4n) is 1.56. The molecule has 1 aromatic carbocycles. The highest BCUT2D eigenvalue weighted by Crippen LogP contribution is 2.23. The van der Waals surface area contributed by atoms with E-state index in [-0.39, 0.29) is 12.0 Å². The molecular weight excluding hydrogens is 288 g/mol. The minimum Gasteiger partial charge on any atom is -0.464 e. The number of hydrogen-bond acceptors (Lipinski definition) is 7. The lowest BCUT2D eigenvalue weighted by Gasteiger charge is -2.08. The van der Waals surface area contributed by atoms with Gasteiger partial charge in [0.15, 0.2) is 0 Å². The molecular formula is C14H18N4O2S. The molecule has 0 spiro atoms. The Hall–Kier alpha value is -2.02. The number of ether oxygens (including phenoxy) is 2. The van der Waals surface area contributed by atoms with Gasteiger partial charge >= 0.3 is 12.0 Å². The molecule has 2 aromatic rings. The molecule has 0 unspecified atom stereocenters. The van der Waals surface area contributed by atoms with Gasteiger partial charge in [0.2, 0.25) is 5.95 Å². The Morgan fingerprint density at radius 3 is 2.38 bits per heavy atom. The lowest BCUT2D eigenvalue weighted by Crippen LogP contribution is -2.07. The Bertz CT molecular complexity index is 553. The van der Waals surface area contributed by atoms with E-state index in [0.717, 1.165) is 0 Å². The predicted molar refractivity (Wildman–Crippen MR) is 83.5 cm³/mol. The number of aromatic nitrogens is 3. The number of rotatable bonds is 7. The number of anilines is 1. The third kappa shape index (κ3) is 4.49. The van der Waals surface area contributed by atoms with Crippen molar-refractivity contribution in [3.8, 4) is 17.8 Å². The lowest BCUT2D eigenvalue weighted by molar-refractivity contribution is 0.304. The number of benzene rings is 1. The SMILES string of the molecule is CCNc1nc(OCC)nc(Oc2ccc(SC)cc2)n1. The molecule has 0 saturated heterocycles. The van der Waals surface area contributed by atoms with Crippen LogP contribution in [0.4, 0.5) is 5.95 Å². The number of thioether (sulfide) groups is 1. The molecule has 1 N–H and O–H groups in total. The van der Waals surface area contributed by atoms with Crippen molar-refractivity contribution in [2.24, 2.45) is 0 Å². The monoisotopic (exact) mass is 306 g/mol. The molecule has 0 atom stereocenters. The van der Waals surface area contributed by atoms with Gasteiger partial charge in [0.05, 0.1) is 6.61 Å². The quantitative estimate of drug-likeness (QED) is 0.788. The van der Waals surface area contributed by atoms with Crippen LogP contribution in [0.3, 0.4) is 0 Å². The number of nitrogens with one attached hydrogen (secondary N) is 1. The minimum absolute atomic E-state index is 0.210. The second-order valence-electron chi connectivity index (χ2n) is 3.97. The first-order chi connectivity index (χ1) is 10.2. The van der Waals surface area contributed by atoms with Crippen LogP contribution < -0.4 is 14.8 Å². The zero-order valence-corrected chi connectivity index (χ0v) is 13.1. The van der Waals surface area contributed by atoms with E-state index in [1.165, 1.54) is 4.90 Å². The van der Waals surface area contributed by atoms with E-state index in [1.807, 2.05) is 44.4 Å². The number of nitrogens with zero attached hydrogens (tertiary/aromatic N) is 3. The summed E-state index contributed by atoms with van der Waals surface area (Å²) in [5.41, 5.74) is 0. The fraction of sp³-hybridized carbons (Fsp3) is 0.357. The summed E-state index contributed by atoms with van der Waals surface area (Å²) in [4.78, 5) is 13.6. The molecule has 21 heavy (non-hydrogen) atoms. The molecule has 0 aliphatic carbocycles. The van der Waals surface area contributed by atoms with E-state index >= 15 is 0 Å². The third-order valence-electron chi connectivity index (χ3n) is 2.47. The molecule has 0 radical (unpaired) electrons. The average molecular weight is 306 g/mol. The minimum atomic E-state index is 0.210. The zero-order chi connectivity index (χ0) is 15.1. The van der Waals surface area contributed by atoms with Gasteiger partial charge in [0, 0.05) is 11.4 Å². The maximum Gasteiger partial charge on any atom is 0.330 e. The molecule has 0 aliphatic heterocycles. The molecule has 0 aliphatic rings. The molecule has 0 fully saturated rings. The molecule has 7 heteroatoms. The molecule has 0 bridgehead atoms. The molecule has 2 rings (SSSR count). The summed E-state index contributed by atoms with van der Waals surface area (Å²) in [6.45, 7) is 5.03. The second kappa shape index (κ2) is 7.68. The fourth-order valence-corrected chi connectivity index (χ4v) is 1.97. The van der Waals surface area contributed by atoms with Crippen LogP contribution in [0.1, 0.15) is 13.8 Å². The molecule has 1 aromatic heterocycles. The van der Waals surface area contributed by atoms with Crippen molar-refractivity contribution in [1.82, 2.24) is 15.0 Å². The van der Waals surface area contributed by atoms with Crippen LogP contribution in [0.25, 0.3) is 0 Å². The summed E-state index contributed by atoms with van der Waals surface area (Å²) in [6, 6.07) is 8.18. The summed E-state index contributed by atoms with van der Waals surface area (Å²) in [6.07, 6.45) is 2.03. The normalized spacial score (nSPS) is 10.2. The van der Waals surface area contributed by atoms with E-state index in [4.69, 9.17) is 9.47 Å². The lowest BCUT2D eigenvalue weighted by atomic mass is 10.3. The molecule has 112 valence electrons. The van der Waals surface area contributed by atoms with E-state index in [2.05, 4.69) is 20.3 Å². The average Bonchev–Trinajstić information content (AvgIpc) is 2.48. The largest absolute Gasteiger partial charge is 0.464 e. The molecule has 0 saturated carbocycles. The van der Waals surface area contributed by atoms with Gasteiger partial charge < -0.3 is 14.8 Å². The summed E-state index contributed by atoms with van der Waals surface area (Å²) in [7, 11) is 0. The van der Waals surface area contributed by atoms with Crippen LogP contribution in [-0.4, -0.2) is 34.4 Å². The second-order valence-corrected chi connectivity index (χ2v) is 4.84. The predicted octanol–water partition coefficient (Wildman–Crippen LogP) is 3.22. The summed E-state index contributed by atoms with van der Waals surface area (Å²) < 4.78 is 11.0. The van der Waals surface area contributed by atoms with Crippen LogP contribution in [0.5, 0.6) is 17.8 Å². The summed E-state index contributed by atoms with van der Waals surface area (Å²) in [5.74, 6) is 1.11. The molecule has 6 nitrogen and oxygen atoms in total. The van der Waals surface area contributed by atoms with Crippen LogP contribution in [0.2, 0.25) is 0 Å². The van der Waals surface area contributed by atoms with Crippen molar-refractivity contribution in [3.05, 3.63) is 24.3 Å². The first-order valence-electron chi connectivity index (χ1n) is 6.69. The Kier molecular flexibility index (Phi) is 5.62. The molecule has 0 amide bonds. The van der Waals surface area contributed by atoms with E-state index in [0.29, 0.717) is 24.8 Å². The van der Waals surface area contributed by atoms with Gasteiger partial charge in [-0.3, -0.25) is 0 Å². The van der Waals surface area contributed by atoms with E-state index < -0.39 is 0 Å². The standard InChI is InChI=1S/C14H18N4O2S/c1-4-15-12-16-13(19-5-2)18-14(17-12)20-10-6-8-11(21-3)9-7-10/h6-9H,4-5H2,1-3H3,(H,15,16,17,18). The van der Waals surface area contributed by atoms with Gasteiger partial charge in [-0.15, -0.1) is 16.7 Å². The van der Waals surface area contributed by atoms with Crippen molar-refractivity contribution in [2.75, 3.05) is 24.7 Å². The van der Waals surface area contributed by atoms with Crippen molar-refractivity contribution in [3.63, 3.8) is 0 Å². The van der Waals surface area contributed by atoms with Gasteiger partial charge in [0.1, 0.15) is 5.75 Å². The summed E-state index contributed by atoms with van der Waals surface area (Å²) in [5, 5.41) is 3.03. The van der Waals surface area contributed by atoms with E-state index in [1.54, 1.807) is 11.8 Å². The van der Waals surface area contributed by atoms with E-state index in [9.17, 15) is 0 Å². The Morgan fingerprint density at radius 2 is 1.76 bits per heavy atom. The Morgan fingerprint density at radius 1 is 1.05 bits per heavy atom. The van der Waals surface area contributed by atoms with Gasteiger partial charge in [-0.05, 0) is 44.4 Å². The van der Waals surface area contributed by atoms with Gasteiger partial charge in [-0.1, -0.05) is 0 Å². The highest BCUT2D eigenvalue weighted by Gasteiger charge is 2.09. The molecule has 1 heterocycles. The van der Waals surface area contributed by atoms with Crippen molar-refractivity contribution in [2.45, 2.75) is 18.7 Å². The third-order valence-corrected chi connectivity index (χ3v) is 3.21. The van der Waals surface area contributed by atoms with Crippen LogP contribution in [0, 0.1) is 0 Å². The van der Waals surface area contributed by atoms with Gasteiger partial charge in [-0.2, -0.15) is 9.97 Å². The van der Waals surface area contributed by atoms with Crippen molar-refractivity contribution in [1.29, 1.82) is 0 Å². The van der Waals surface area contributed by atoms with Crippen LogP contribution in [-0.2, 0) is 0 Å². The first kappa shape index (κ1) is 15.4. The summed E-state index contributed by atoms with van der Waals surface area (Å²) >= 11 is 1.68. The highest BCUT2D eigenvalue weighted by atomic mass is 32.2. The number of hydrogen-bond donors (Lipinski definition) is 1. The zero-order valence-electron chi connectivity index (χ0n) is 12.3. The smallest absolute Gasteiger partial charge is 0.330 e. The van der Waals surface area contributed by atoms with Crippen molar-refractivity contribution < 1.29 is 9.47 Å². The Balaban J connectivity index is 2.20. The van der Waals surface area contributed by atoms with Crippen LogP contribution >= 0.6 is 11.8 Å². The maximum atomic E-state index is 5.66. The van der Waals surface area contributed by atoms with Crippen molar-refractivity contribution >= 4 is 17.7 Å². The highest BCUT2D eigenvalue weighted by molar-refractivity contribution is 7.98. The van der Waals surface area contributed by atoms with Gasteiger partial charge in [-0.25, -0.2) is 0 Å². The first-order valence-corrected chi connectivity index (χ1v) is 7.92. The topological polar surface area (TPSA) is 69.2 Å². The van der Waals surface area contributed by atoms with Gasteiger partial charge in [0.25, 0.3) is 0 Å². The maximum absolute atomic E-state index is 5.66. The van der Waals surface area contributed by atoms with Crippen LogP contribution in [0.15, 0.2) is 29.2 Å². The Labute approximate surface area is 128 Å².